The van der Waals surface area contributed by atoms with E-state index in [0.717, 1.165) is 19.3 Å². The highest BCUT2D eigenvalue weighted by atomic mass is 35.5. The summed E-state index contributed by atoms with van der Waals surface area (Å²) in [6.07, 6.45) is 2.90. The van der Waals surface area contributed by atoms with E-state index in [0.29, 0.717) is 23.1 Å². The van der Waals surface area contributed by atoms with Crippen LogP contribution in [0.4, 0.5) is 5.69 Å². The molecule has 4 heteroatoms. The SMILES string of the molecule is CCCOc1ccc(Cl)cc1NC(=O)C1CC1. The topological polar surface area (TPSA) is 38.3 Å². The Kier molecular flexibility index (Phi) is 3.89. The van der Waals surface area contributed by atoms with Gasteiger partial charge in [0.25, 0.3) is 0 Å². The van der Waals surface area contributed by atoms with Crippen LogP contribution in [-0.4, -0.2) is 12.5 Å². The van der Waals surface area contributed by atoms with Crippen molar-refractivity contribution < 1.29 is 9.53 Å². The second-order valence-corrected chi connectivity index (χ2v) is 4.69. The van der Waals surface area contributed by atoms with E-state index in [2.05, 4.69) is 5.32 Å². The van der Waals surface area contributed by atoms with Crippen LogP contribution in [0.2, 0.25) is 5.02 Å². The molecule has 0 aromatic heterocycles. The van der Waals surface area contributed by atoms with Crippen LogP contribution in [0.15, 0.2) is 18.2 Å². The third-order valence-electron chi connectivity index (χ3n) is 2.61. The first kappa shape index (κ1) is 12.2. The Morgan fingerprint density at radius 3 is 2.94 bits per heavy atom. The van der Waals surface area contributed by atoms with Gasteiger partial charge in [0.1, 0.15) is 5.75 Å². The highest BCUT2D eigenvalue weighted by molar-refractivity contribution is 6.31. The van der Waals surface area contributed by atoms with Crippen molar-refractivity contribution in [3.63, 3.8) is 0 Å². The number of hydrogen-bond acceptors (Lipinski definition) is 2. The van der Waals surface area contributed by atoms with Crippen molar-refractivity contribution in [3.05, 3.63) is 23.2 Å². The maximum absolute atomic E-state index is 11.7. The minimum Gasteiger partial charge on any atom is -0.491 e. The number of carbonyl (C=O) groups is 1. The van der Waals surface area contributed by atoms with Gasteiger partial charge in [-0.15, -0.1) is 0 Å². The molecule has 0 radical (unpaired) electrons. The molecule has 1 saturated carbocycles. The highest BCUT2D eigenvalue weighted by Crippen LogP contribution is 2.33. The summed E-state index contributed by atoms with van der Waals surface area (Å²) in [6.45, 7) is 2.67. The third kappa shape index (κ3) is 3.37. The quantitative estimate of drug-likeness (QED) is 0.873. The lowest BCUT2D eigenvalue weighted by molar-refractivity contribution is -0.117. The largest absolute Gasteiger partial charge is 0.491 e. The van der Waals surface area contributed by atoms with Crippen LogP contribution in [0.25, 0.3) is 0 Å². The molecule has 1 aliphatic rings. The molecule has 0 atom stereocenters. The summed E-state index contributed by atoms with van der Waals surface area (Å²) in [5, 5.41) is 3.47. The second-order valence-electron chi connectivity index (χ2n) is 4.25. The van der Waals surface area contributed by atoms with Crippen molar-refractivity contribution in [2.24, 2.45) is 5.92 Å². The highest BCUT2D eigenvalue weighted by Gasteiger charge is 2.30. The van der Waals surface area contributed by atoms with Crippen LogP contribution in [0.5, 0.6) is 5.75 Å². The summed E-state index contributed by atoms with van der Waals surface area (Å²) in [6, 6.07) is 5.28. The summed E-state index contributed by atoms with van der Waals surface area (Å²) in [7, 11) is 0. The second kappa shape index (κ2) is 5.41. The minimum atomic E-state index is 0.0635. The van der Waals surface area contributed by atoms with E-state index in [1.54, 1.807) is 18.2 Å². The molecule has 0 spiro atoms. The van der Waals surface area contributed by atoms with Crippen LogP contribution in [0.3, 0.4) is 0 Å². The average molecular weight is 254 g/mol. The van der Waals surface area contributed by atoms with Crippen LogP contribution in [0, 0.1) is 5.92 Å². The lowest BCUT2D eigenvalue weighted by atomic mass is 10.2. The molecule has 0 aliphatic heterocycles. The predicted octanol–water partition coefficient (Wildman–Crippen LogP) is 3.48. The standard InChI is InChI=1S/C13H16ClNO2/c1-2-7-17-12-6-5-10(14)8-11(12)15-13(16)9-3-4-9/h5-6,8-9H,2-4,7H2,1H3,(H,15,16). The number of amides is 1. The van der Waals surface area contributed by atoms with Crippen molar-refractivity contribution in [1.29, 1.82) is 0 Å². The van der Waals surface area contributed by atoms with Crippen molar-refractivity contribution in [2.45, 2.75) is 26.2 Å². The summed E-state index contributed by atoms with van der Waals surface area (Å²) in [5.74, 6) is 0.923. The van der Waals surface area contributed by atoms with Crippen LogP contribution in [0.1, 0.15) is 26.2 Å². The Balaban J connectivity index is 2.10. The fourth-order valence-corrected chi connectivity index (χ4v) is 1.69. The first-order chi connectivity index (χ1) is 8.20. The summed E-state index contributed by atoms with van der Waals surface area (Å²) >= 11 is 5.92. The van der Waals surface area contributed by atoms with Gasteiger partial charge in [-0.3, -0.25) is 4.79 Å². The number of halogens is 1. The monoisotopic (exact) mass is 253 g/mol. The summed E-state index contributed by atoms with van der Waals surface area (Å²) in [4.78, 5) is 11.7. The molecule has 1 aromatic rings. The van der Waals surface area contributed by atoms with E-state index in [1.807, 2.05) is 6.92 Å². The number of carbonyl (C=O) groups excluding carboxylic acids is 1. The van der Waals surface area contributed by atoms with Gasteiger partial charge in [0.2, 0.25) is 5.91 Å². The zero-order valence-corrected chi connectivity index (χ0v) is 10.6. The first-order valence-corrected chi connectivity index (χ1v) is 6.31. The van der Waals surface area contributed by atoms with Gasteiger partial charge in [0.15, 0.2) is 0 Å². The van der Waals surface area contributed by atoms with Crippen molar-refractivity contribution in [3.8, 4) is 5.75 Å². The van der Waals surface area contributed by atoms with E-state index in [1.165, 1.54) is 0 Å². The number of hydrogen-bond donors (Lipinski definition) is 1. The molecule has 0 saturated heterocycles. The maximum atomic E-state index is 11.7. The molecule has 0 bridgehead atoms. The van der Waals surface area contributed by atoms with Gasteiger partial charge in [-0.1, -0.05) is 18.5 Å². The summed E-state index contributed by atoms with van der Waals surface area (Å²) < 4.78 is 5.57. The third-order valence-corrected chi connectivity index (χ3v) is 2.84. The Hall–Kier alpha value is -1.22. The molecule has 1 fully saturated rings. The lowest BCUT2D eigenvalue weighted by Gasteiger charge is -2.12. The predicted molar refractivity (Wildman–Crippen MR) is 68.6 cm³/mol. The maximum Gasteiger partial charge on any atom is 0.227 e. The minimum absolute atomic E-state index is 0.0635. The normalized spacial score (nSPS) is 14.5. The van der Waals surface area contributed by atoms with Gasteiger partial charge in [-0.2, -0.15) is 0 Å². The van der Waals surface area contributed by atoms with Crippen molar-refractivity contribution >= 4 is 23.2 Å². The molecular weight excluding hydrogens is 238 g/mol. The average Bonchev–Trinajstić information content (AvgIpc) is 3.12. The van der Waals surface area contributed by atoms with Crippen LogP contribution < -0.4 is 10.1 Å². The van der Waals surface area contributed by atoms with E-state index in [-0.39, 0.29) is 11.8 Å². The van der Waals surface area contributed by atoms with E-state index < -0.39 is 0 Å². The molecular formula is C13H16ClNO2. The van der Waals surface area contributed by atoms with E-state index in [4.69, 9.17) is 16.3 Å². The fraction of sp³-hybridized carbons (Fsp3) is 0.462. The smallest absolute Gasteiger partial charge is 0.227 e. The van der Waals surface area contributed by atoms with Crippen molar-refractivity contribution in [1.82, 2.24) is 0 Å². The fourth-order valence-electron chi connectivity index (χ4n) is 1.52. The van der Waals surface area contributed by atoms with Crippen molar-refractivity contribution in [2.75, 3.05) is 11.9 Å². The Morgan fingerprint density at radius 2 is 2.29 bits per heavy atom. The molecule has 3 nitrogen and oxygen atoms in total. The molecule has 1 aromatic carbocycles. The van der Waals surface area contributed by atoms with Crippen LogP contribution in [-0.2, 0) is 4.79 Å². The van der Waals surface area contributed by atoms with Gasteiger partial charge >= 0.3 is 0 Å². The number of anilines is 1. The van der Waals surface area contributed by atoms with Gasteiger partial charge < -0.3 is 10.1 Å². The number of nitrogens with one attached hydrogen (secondary N) is 1. The van der Waals surface area contributed by atoms with E-state index >= 15 is 0 Å². The van der Waals surface area contributed by atoms with Gasteiger partial charge in [-0.25, -0.2) is 0 Å². The Morgan fingerprint density at radius 1 is 1.53 bits per heavy atom. The zero-order valence-electron chi connectivity index (χ0n) is 9.83. The number of benzene rings is 1. The molecule has 0 heterocycles. The van der Waals surface area contributed by atoms with Gasteiger partial charge in [0, 0.05) is 10.9 Å². The molecule has 1 amide bonds. The van der Waals surface area contributed by atoms with E-state index in [9.17, 15) is 4.79 Å². The first-order valence-electron chi connectivity index (χ1n) is 5.94. The molecule has 1 aliphatic carbocycles. The van der Waals surface area contributed by atoms with Gasteiger partial charge in [-0.05, 0) is 37.5 Å². The molecule has 0 unspecified atom stereocenters. The zero-order chi connectivity index (χ0) is 12.3. The molecule has 17 heavy (non-hydrogen) atoms. The molecule has 92 valence electrons. The van der Waals surface area contributed by atoms with Crippen LogP contribution >= 0.6 is 11.6 Å². The number of rotatable bonds is 5. The molecule has 1 N–H and O–H groups in total. The number of ether oxygens (including phenoxy) is 1. The molecule has 2 rings (SSSR count). The Bertz CT molecular complexity index is 416. The Labute approximate surface area is 106 Å². The lowest BCUT2D eigenvalue weighted by Crippen LogP contribution is -2.14. The van der Waals surface area contributed by atoms with Gasteiger partial charge in [0.05, 0.1) is 12.3 Å². The summed E-state index contributed by atoms with van der Waals surface area (Å²) in [5.41, 5.74) is 0.669.